The third kappa shape index (κ3) is 4.93. The number of halogens is 1. The van der Waals surface area contributed by atoms with Crippen LogP contribution in [-0.4, -0.2) is 27.6 Å². The maximum Gasteiger partial charge on any atom is 0.266 e. The highest BCUT2D eigenvalue weighted by molar-refractivity contribution is 8.26. The van der Waals surface area contributed by atoms with Gasteiger partial charge in [-0.2, -0.15) is 0 Å². The summed E-state index contributed by atoms with van der Waals surface area (Å²) >= 11 is 6.33. The number of anilines is 1. The highest BCUT2D eigenvalue weighted by Crippen LogP contribution is 2.32. The lowest BCUT2D eigenvalue weighted by Gasteiger charge is -2.14. The van der Waals surface area contributed by atoms with Gasteiger partial charge in [-0.1, -0.05) is 60.4 Å². The predicted octanol–water partition coefficient (Wildman–Crippen LogP) is 3.56. The molecule has 2 amide bonds. The van der Waals surface area contributed by atoms with Crippen LogP contribution < -0.4 is 10.9 Å². The fourth-order valence-electron chi connectivity index (χ4n) is 2.37. The first kappa shape index (κ1) is 19.1. The lowest BCUT2D eigenvalue weighted by Crippen LogP contribution is -2.35. The summed E-state index contributed by atoms with van der Waals surface area (Å²) in [6.07, 6.45) is 1.56. The largest absolute Gasteiger partial charge is 0.299 e. The highest BCUT2D eigenvalue weighted by Gasteiger charge is 2.32. The summed E-state index contributed by atoms with van der Waals surface area (Å²) in [5.74, 6) is -1.00. The minimum Gasteiger partial charge on any atom is -0.299 e. The summed E-state index contributed by atoms with van der Waals surface area (Å²) in [6, 6.07) is 15.4. The molecule has 2 aromatic rings. The monoisotopic (exact) mass is 401 g/mol. The molecule has 0 spiro atoms. The number of benzene rings is 2. The van der Waals surface area contributed by atoms with Crippen molar-refractivity contribution in [2.75, 3.05) is 12.0 Å². The summed E-state index contributed by atoms with van der Waals surface area (Å²) < 4.78 is 14.1. The second-order valence-corrected chi connectivity index (χ2v) is 7.32. The number of rotatable bonds is 6. The zero-order chi connectivity index (χ0) is 19.2. The Bertz CT molecular complexity index is 903. The van der Waals surface area contributed by atoms with Crippen LogP contribution in [0, 0.1) is 5.82 Å². The quantitative estimate of drug-likeness (QED) is 0.440. The average molecular weight is 401 g/mol. The van der Waals surface area contributed by atoms with E-state index in [1.54, 1.807) is 18.2 Å². The molecule has 8 heteroatoms. The number of hydrogen-bond acceptors (Lipinski definition) is 5. The molecule has 1 aliphatic heterocycles. The number of para-hydroxylation sites is 1. The topological polar surface area (TPSA) is 61.4 Å². The number of thiocarbonyl (C=S) groups is 1. The molecule has 0 radical (unpaired) electrons. The molecule has 0 aromatic heterocycles. The van der Waals surface area contributed by atoms with Crippen molar-refractivity contribution >= 4 is 51.9 Å². The number of carbonyl (C=O) groups is 2. The number of carbonyl (C=O) groups excluding carboxylic acids is 2. The van der Waals surface area contributed by atoms with Gasteiger partial charge in [0.2, 0.25) is 5.91 Å². The van der Waals surface area contributed by atoms with Gasteiger partial charge in [0, 0.05) is 18.5 Å². The second-order valence-electron chi connectivity index (χ2n) is 5.64. The molecule has 1 heterocycles. The van der Waals surface area contributed by atoms with Gasteiger partial charge in [0.25, 0.3) is 5.91 Å². The first-order chi connectivity index (χ1) is 13.0. The Hall–Kier alpha value is -2.71. The lowest BCUT2D eigenvalue weighted by molar-refractivity contribution is -0.123. The van der Waals surface area contributed by atoms with Crippen molar-refractivity contribution in [2.45, 2.75) is 6.42 Å². The number of hydrogen-bond donors (Lipinski definition) is 2. The third-order valence-corrected chi connectivity index (χ3v) is 5.13. The molecule has 1 aliphatic rings. The first-order valence-electron chi connectivity index (χ1n) is 8.14. The Labute approximate surface area is 165 Å². The van der Waals surface area contributed by atoms with Crippen molar-refractivity contribution in [2.24, 2.45) is 0 Å². The first-order valence-corrected chi connectivity index (χ1v) is 9.37. The number of thioether (sulfide) groups is 1. The maximum atomic E-state index is 13.8. The zero-order valence-electron chi connectivity index (χ0n) is 14.1. The molecule has 1 saturated heterocycles. The zero-order valence-corrected chi connectivity index (χ0v) is 15.8. The van der Waals surface area contributed by atoms with Crippen LogP contribution in [-0.2, 0) is 9.59 Å². The molecule has 0 saturated carbocycles. The minimum absolute atomic E-state index is 0.0826. The number of amides is 2. The van der Waals surface area contributed by atoms with Crippen molar-refractivity contribution in [3.8, 4) is 0 Å². The van der Waals surface area contributed by atoms with Crippen LogP contribution in [0.4, 0.5) is 10.1 Å². The second kappa shape index (κ2) is 8.79. The minimum atomic E-state index is -0.408. The molecule has 138 valence electrons. The molecule has 0 unspecified atom stereocenters. The molecule has 0 atom stereocenters. The number of nitrogens with zero attached hydrogens (tertiary/aromatic N) is 1. The van der Waals surface area contributed by atoms with E-state index >= 15 is 0 Å². The van der Waals surface area contributed by atoms with E-state index in [1.807, 2.05) is 30.3 Å². The van der Waals surface area contributed by atoms with Crippen LogP contribution in [0.25, 0.3) is 6.08 Å². The average Bonchev–Trinajstić information content (AvgIpc) is 2.94. The van der Waals surface area contributed by atoms with Crippen LogP contribution in [0.1, 0.15) is 12.0 Å². The normalized spacial score (nSPS) is 15.3. The molecule has 3 rings (SSSR count). The van der Waals surface area contributed by atoms with Gasteiger partial charge in [-0.05, 0) is 24.3 Å². The van der Waals surface area contributed by atoms with Crippen molar-refractivity contribution in [1.29, 1.82) is 0 Å². The molecule has 0 aliphatic carbocycles. The maximum absolute atomic E-state index is 13.8. The van der Waals surface area contributed by atoms with Crippen LogP contribution in [0.5, 0.6) is 0 Å². The van der Waals surface area contributed by atoms with Gasteiger partial charge in [0.05, 0.1) is 10.6 Å². The number of hydrazine groups is 1. The molecule has 2 N–H and O–H groups in total. The van der Waals surface area contributed by atoms with E-state index < -0.39 is 5.82 Å². The third-order valence-electron chi connectivity index (χ3n) is 3.75. The van der Waals surface area contributed by atoms with Gasteiger partial charge in [-0.3, -0.25) is 25.3 Å². The Balaban J connectivity index is 1.56. The lowest BCUT2D eigenvalue weighted by atomic mass is 10.2. The van der Waals surface area contributed by atoms with E-state index in [2.05, 4.69) is 10.9 Å². The van der Waals surface area contributed by atoms with Crippen LogP contribution in [0.3, 0.4) is 0 Å². The molecule has 5 nitrogen and oxygen atoms in total. The van der Waals surface area contributed by atoms with E-state index in [0.29, 0.717) is 14.8 Å². The Morgan fingerprint density at radius 2 is 1.85 bits per heavy atom. The van der Waals surface area contributed by atoms with Crippen molar-refractivity contribution < 1.29 is 14.0 Å². The summed E-state index contributed by atoms with van der Waals surface area (Å²) in [4.78, 5) is 26.2. The van der Waals surface area contributed by atoms with E-state index in [9.17, 15) is 14.0 Å². The van der Waals surface area contributed by atoms with E-state index in [4.69, 9.17) is 12.2 Å². The fourth-order valence-corrected chi connectivity index (χ4v) is 3.66. The molecule has 1 fully saturated rings. The van der Waals surface area contributed by atoms with E-state index in [-0.39, 0.29) is 24.8 Å². The molecule has 27 heavy (non-hydrogen) atoms. The van der Waals surface area contributed by atoms with Gasteiger partial charge < -0.3 is 0 Å². The van der Waals surface area contributed by atoms with E-state index in [0.717, 1.165) is 17.4 Å². The van der Waals surface area contributed by atoms with Crippen LogP contribution >= 0.6 is 24.0 Å². The molecule has 0 bridgehead atoms. The highest BCUT2D eigenvalue weighted by atomic mass is 32.2. The Kier molecular flexibility index (Phi) is 6.20. The molecular formula is C19H16FN3O2S2. The van der Waals surface area contributed by atoms with Gasteiger partial charge in [0.1, 0.15) is 10.1 Å². The summed E-state index contributed by atoms with van der Waals surface area (Å²) in [6.45, 7) is 0.154. The van der Waals surface area contributed by atoms with Gasteiger partial charge in [0.15, 0.2) is 0 Å². The Morgan fingerprint density at radius 1 is 1.15 bits per heavy atom. The summed E-state index contributed by atoms with van der Waals surface area (Å²) in [5, 5.41) is 0. The summed E-state index contributed by atoms with van der Waals surface area (Å²) in [7, 11) is 0. The van der Waals surface area contributed by atoms with Crippen molar-refractivity contribution in [1.82, 2.24) is 10.3 Å². The van der Waals surface area contributed by atoms with Crippen LogP contribution in [0.2, 0.25) is 0 Å². The van der Waals surface area contributed by atoms with Crippen LogP contribution in [0.15, 0.2) is 59.5 Å². The molecule has 2 aromatic carbocycles. The van der Waals surface area contributed by atoms with Gasteiger partial charge in [-0.25, -0.2) is 4.39 Å². The van der Waals surface area contributed by atoms with Gasteiger partial charge in [-0.15, -0.1) is 0 Å². The van der Waals surface area contributed by atoms with Crippen molar-refractivity contribution in [3.05, 3.63) is 70.9 Å². The SMILES string of the molecule is O=C(CCN1C(=O)/C(=C\c2ccccc2F)SC1=S)NNc1ccccc1. The predicted molar refractivity (Wildman–Crippen MR) is 109 cm³/mol. The smallest absolute Gasteiger partial charge is 0.266 e. The summed E-state index contributed by atoms with van der Waals surface area (Å²) in [5.41, 5.74) is 6.44. The van der Waals surface area contributed by atoms with Crippen molar-refractivity contribution in [3.63, 3.8) is 0 Å². The Morgan fingerprint density at radius 3 is 2.59 bits per heavy atom. The molecular weight excluding hydrogens is 385 g/mol. The number of nitrogens with one attached hydrogen (secondary N) is 2. The standard InChI is InChI=1S/C19H16FN3O2S2/c20-15-9-5-4-6-13(15)12-16-18(25)23(19(26)27-16)11-10-17(24)22-21-14-7-2-1-3-8-14/h1-9,12,21H,10-11H2,(H,22,24)/b16-12+. The van der Waals surface area contributed by atoms with E-state index in [1.165, 1.54) is 17.0 Å². The van der Waals surface area contributed by atoms with Gasteiger partial charge >= 0.3 is 0 Å². The fraction of sp³-hybridized carbons (Fsp3) is 0.105.